The van der Waals surface area contributed by atoms with Gasteiger partial charge in [0.25, 0.3) is 0 Å². The second-order valence-electron chi connectivity index (χ2n) is 10.0. The lowest BCUT2D eigenvalue weighted by Crippen LogP contribution is -2.43. The first-order valence-electron chi connectivity index (χ1n) is 13.2. The van der Waals surface area contributed by atoms with Gasteiger partial charge in [-0.1, -0.05) is 24.3 Å². The zero-order valence-electron chi connectivity index (χ0n) is 22.6. The maximum absolute atomic E-state index is 12.7. The third-order valence-electron chi connectivity index (χ3n) is 7.33. The first-order valence-corrected chi connectivity index (χ1v) is 13.2. The Labute approximate surface area is 241 Å². The maximum atomic E-state index is 12.7. The molecule has 0 radical (unpaired) electrons. The quantitative estimate of drug-likeness (QED) is 0.239. The minimum absolute atomic E-state index is 0. The van der Waals surface area contributed by atoms with Gasteiger partial charge in [0, 0.05) is 72.0 Å². The summed E-state index contributed by atoms with van der Waals surface area (Å²) in [4.78, 5) is 10.3. The van der Waals surface area contributed by atoms with E-state index in [1.807, 2.05) is 30.9 Å². The maximum Gasteiger partial charge on any atom is 0.573 e. The molecule has 1 aliphatic heterocycles. The molecule has 0 aliphatic carbocycles. The molecule has 6 rings (SSSR count). The molecule has 41 heavy (non-hydrogen) atoms. The van der Waals surface area contributed by atoms with E-state index in [1.165, 1.54) is 17.8 Å². The zero-order chi connectivity index (χ0) is 27.9. The number of benzene rings is 2. The number of anilines is 1. The Balaban J connectivity index is 0.00000337. The van der Waals surface area contributed by atoms with Crippen molar-refractivity contribution in [1.82, 2.24) is 25.1 Å². The molecule has 0 amide bonds. The Hall–Kier alpha value is -4.02. The average molecular weight is 583 g/mol. The standard InChI is InChI=1S/C30H29F3N6O.ClH/c1-19-28(20(2)39(37-19)18-21-4-3-5-25(14-21)40-30(31,32)33)27-17-36-29-26(27)15-23(16-35-29)22-6-8-24(9-7-22)38-12-10-34-11-13-38;/h3-9,14-17,34H,10-13,18H2,1-2H3,(H,35,36);1H. The third-order valence-corrected chi connectivity index (χ3v) is 7.33. The molecule has 4 heterocycles. The number of ether oxygens (including phenoxy) is 1. The summed E-state index contributed by atoms with van der Waals surface area (Å²) >= 11 is 0. The van der Waals surface area contributed by atoms with E-state index in [2.05, 4.69) is 55.3 Å². The fourth-order valence-electron chi connectivity index (χ4n) is 5.41. The van der Waals surface area contributed by atoms with Crippen molar-refractivity contribution in [3.05, 3.63) is 83.9 Å². The Morgan fingerprint density at radius 2 is 1.73 bits per heavy atom. The molecule has 2 aromatic carbocycles. The number of nitrogens with one attached hydrogen (secondary N) is 2. The molecule has 1 aliphatic rings. The lowest BCUT2D eigenvalue weighted by atomic mass is 10.0. The zero-order valence-corrected chi connectivity index (χ0v) is 23.4. The van der Waals surface area contributed by atoms with Gasteiger partial charge in [-0.05, 0) is 55.3 Å². The van der Waals surface area contributed by atoms with Gasteiger partial charge in [-0.2, -0.15) is 5.10 Å². The molecule has 0 unspecified atom stereocenters. The van der Waals surface area contributed by atoms with Crippen LogP contribution in [0.25, 0.3) is 33.3 Å². The number of pyridine rings is 1. The topological polar surface area (TPSA) is 71.0 Å². The van der Waals surface area contributed by atoms with Crippen LogP contribution in [0.15, 0.2) is 67.0 Å². The van der Waals surface area contributed by atoms with Gasteiger partial charge in [0.05, 0.1) is 12.2 Å². The van der Waals surface area contributed by atoms with Crippen LogP contribution >= 0.6 is 12.4 Å². The van der Waals surface area contributed by atoms with E-state index in [1.54, 1.807) is 12.1 Å². The number of hydrogen-bond acceptors (Lipinski definition) is 5. The molecular weight excluding hydrogens is 553 g/mol. The van der Waals surface area contributed by atoms with Crippen LogP contribution in [0.3, 0.4) is 0 Å². The molecular formula is C30H30ClF3N6O. The number of aromatic amines is 1. The van der Waals surface area contributed by atoms with Crippen LogP contribution in [0.2, 0.25) is 0 Å². The number of H-pyrrole nitrogens is 1. The van der Waals surface area contributed by atoms with Gasteiger partial charge < -0.3 is 19.9 Å². The molecule has 0 bridgehead atoms. The number of halogens is 4. The van der Waals surface area contributed by atoms with Crippen molar-refractivity contribution >= 4 is 29.1 Å². The summed E-state index contributed by atoms with van der Waals surface area (Å²) in [6.45, 7) is 8.20. The summed E-state index contributed by atoms with van der Waals surface area (Å²) in [5.74, 6) is -0.247. The van der Waals surface area contributed by atoms with E-state index in [0.29, 0.717) is 12.1 Å². The summed E-state index contributed by atoms with van der Waals surface area (Å²) in [7, 11) is 0. The molecule has 1 saturated heterocycles. The number of hydrogen-bond donors (Lipinski definition) is 2. The van der Waals surface area contributed by atoms with Crippen LogP contribution in [-0.2, 0) is 6.54 Å². The number of alkyl halides is 3. The van der Waals surface area contributed by atoms with E-state index in [-0.39, 0.29) is 18.2 Å². The van der Waals surface area contributed by atoms with Crippen molar-refractivity contribution in [2.24, 2.45) is 0 Å². The average Bonchev–Trinajstić information content (AvgIpc) is 3.47. The van der Waals surface area contributed by atoms with Crippen molar-refractivity contribution < 1.29 is 17.9 Å². The van der Waals surface area contributed by atoms with Gasteiger partial charge >= 0.3 is 6.36 Å². The SMILES string of the molecule is Cc1nn(Cc2cccc(OC(F)(F)F)c2)c(C)c1-c1c[nH]c2ncc(-c3ccc(N4CCNCC4)cc3)cc12.Cl. The minimum Gasteiger partial charge on any atom is -0.406 e. The first-order chi connectivity index (χ1) is 19.2. The second kappa shape index (κ2) is 11.5. The molecule has 0 spiro atoms. The van der Waals surface area contributed by atoms with Crippen molar-refractivity contribution in [2.75, 3.05) is 31.1 Å². The highest BCUT2D eigenvalue weighted by atomic mass is 35.5. The van der Waals surface area contributed by atoms with Crippen molar-refractivity contribution in [2.45, 2.75) is 26.8 Å². The highest BCUT2D eigenvalue weighted by Gasteiger charge is 2.31. The summed E-state index contributed by atoms with van der Waals surface area (Å²) in [6.07, 6.45) is -0.922. The third kappa shape index (κ3) is 6.03. The van der Waals surface area contributed by atoms with Crippen LogP contribution in [0.1, 0.15) is 17.0 Å². The lowest BCUT2D eigenvalue weighted by molar-refractivity contribution is -0.274. The Kier molecular flexibility index (Phi) is 7.97. The molecule has 2 N–H and O–H groups in total. The summed E-state index contributed by atoms with van der Waals surface area (Å²) in [6, 6.07) is 16.7. The lowest BCUT2D eigenvalue weighted by Gasteiger charge is -2.29. The number of piperazine rings is 1. The second-order valence-corrected chi connectivity index (χ2v) is 10.0. The van der Waals surface area contributed by atoms with Gasteiger partial charge in [0.15, 0.2) is 0 Å². The largest absolute Gasteiger partial charge is 0.573 e. The normalized spacial score (nSPS) is 13.8. The monoisotopic (exact) mass is 582 g/mol. The Bertz CT molecular complexity index is 1660. The minimum atomic E-state index is -4.74. The highest BCUT2D eigenvalue weighted by molar-refractivity contribution is 5.97. The molecule has 7 nitrogen and oxygen atoms in total. The fourth-order valence-corrected chi connectivity index (χ4v) is 5.41. The van der Waals surface area contributed by atoms with E-state index in [4.69, 9.17) is 5.10 Å². The summed E-state index contributed by atoms with van der Waals surface area (Å²) in [5, 5.41) is 9.08. The predicted octanol–water partition coefficient (Wildman–Crippen LogP) is 6.49. The first kappa shape index (κ1) is 28.5. The number of aromatic nitrogens is 4. The Morgan fingerprint density at radius 3 is 2.46 bits per heavy atom. The van der Waals surface area contributed by atoms with Crippen LogP contribution in [0, 0.1) is 13.8 Å². The fraction of sp³-hybridized carbons (Fsp3) is 0.267. The van der Waals surface area contributed by atoms with E-state index >= 15 is 0 Å². The van der Waals surface area contributed by atoms with Gasteiger partial charge in [0.2, 0.25) is 0 Å². The predicted molar refractivity (Wildman–Crippen MR) is 157 cm³/mol. The number of rotatable bonds is 6. The molecule has 11 heteroatoms. The molecule has 0 saturated carbocycles. The summed E-state index contributed by atoms with van der Waals surface area (Å²) in [5.41, 5.74) is 8.45. The van der Waals surface area contributed by atoms with E-state index in [9.17, 15) is 13.2 Å². The number of nitrogens with zero attached hydrogens (tertiary/aromatic N) is 4. The van der Waals surface area contributed by atoms with Crippen LogP contribution in [0.5, 0.6) is 5.75 Å². The number of aryl methyl sites for hydroxylation is 1. The van der Waals surface area contributed by atoms with Crippen molar-refractivity contribution in [3.63, 3.8) is 0 Å². The van der Waals surface area contributed by atoms with Crippen LogP contribution in [-0.4, -0.2) is 52.3 Å². The van der Waals surface area contributed by atoms with Gasteiger partial charge in [-0.15, -0.1) is 25.6 Å². The molecule has 214 valence electrons. The van der Waals surface area contributed by atoms with Gasteiger partial charge in [0.1, 0.15) is 11.4 Å². The molecule has 3 aromatic heterocycles. The summed E-state index contributed by atoms with van der Waals surface area (Å²) < 4.78 is 43.9. The molecule has 5 aromatic rings. The molecule has 1 fully saturated rings. The highest BCUT2D eigenvalue weighted by Crippen LogP contribution is 2.35. The van der Waals surface area contributed by atoms with Gasteiger partial charge in [-0.25, -0.2) is 4.98 Å². The van der Waals surface area contributed by atoms with Crippen molar-refractivity contribution in [3.8, 4) is 28.0 Å². The van der Waals surface area contributed by atoms with Crippen molar-refractivity contribution in [1.29, 1.82) is 0 Å². The Morgan fingerprint density at radius 1 is 0.976 bits per heavy atom. The van der Waals surface area contributed by atoms with E-state index in [0.717, 1.165) is 70.9 Å². The van der Waals surface area contributed by atoms with E-state index < -0.39 is 6.36 Å². The van der Waals surface area contributed by atoms with Crippen LogP contribution in [0.4, 0.5) is 18.9 Å². The number of fused-ring (bicyclic) bond motifs is 1. The van der Waals surface area contributed by atoms with Crippen LogP contribution < -0.4 is 15.0 Å². The van der Waals surface area contributed by atoms with Gasteiger partial charge in [-0.3, -0.25) is 4.68 Å². The smallest absolute Gasteiger partial charge is 0.406 e. The molecule has 0 atom stereocenters.